The van der Waals surface area contributed by atoms with Crippen molar-refractivity contribution in [1.29, 1.82) is 0 Å². The topological polar surface area (TPSA) is 102 Å². The van der Waals surface area contributed by atoms with Crippen LogP contribution < -0.4 is 10.5 Å². The van der Waals surface area contributed by atoms with Gasteiger partial charge in [0, 0.05) is 67.3 Å². The molecular formula is C30H26Cl2N8O2. The molecule has 0 bridgehead atoms. The average molecular weight is 601 g/mol. The van der Waals surface area contributed by atoms with Crippen LogP contribution in [0, 0.1) is 0 Å². The maximum Gasteiger partial charge on any atom is 0.254 e. The summed E-state index contributed by atoms with van der Waals surface area (Å²) in [7, 11) is 0. The third-order valence-electron chi connectivity index (χ3n) is 7.29. The number of pyridine rings is 1. The van der Waals surface area contributed by atoms with E-state index in [1.807, 2.05) is 47.4 Å². The summed E-state index contributed by atoms with van der Waals surface area (Å²) in [4.78, 5) is 40.4. The Morgan fingerprint density at radius 2 is 1.69 bits per heavy atom. The summed E-state index contributed by atoms with van der Waals surface area (Å²) < 4.78 is 2.92. The van der Waals surface area contributed by atoms with Crippen molar-refractivity contribution < 1.29 is 4.79 Å². The summed E-state index contributed by atoms with van der Waals surface area (Å²) in [5, 5.41) is 8.57. The van der Waals surface area contributed by atoms with Crippen LogP contribution in [0.25, 0.3) is 16.9 Å². The lowest BCUT2D eigenvalue weighted by Gasteiger charge is -2.37. The third kappa shape index (κ3) is 5.90. The highest BCUT2D eigenvalue weighted by atomic mass is 35.5. The summed E-state index contributed by atoms with van der Waals surface area (Å²) in [5.41, 5.74) is 3.23. The van der Waals surface area contributed by atoms with Crippen LogP contribution in [-0.4, -0.2) is 66.5 Å². The van der Waals surface area contributed by atoms with Gasteiger partial charge in [0.15, 0.2) is 5.15 Å². The second-order valence-corrected chi connectivity index (χ2v) is 10.7. The van der Waals surface area contributed by atoms with Crippen LogP contribution in [-0.2, 0) is 11.2 Å². The van der Waals surface area contributed by atoms with Gasteiger partial charge in [-0.3, -0.25) is 19.1 Å². The number of piperazine rings is 1. The molecule has 0 aliphatic carbocycles. The zero-order chi connectivity index (χ0) is 29.1. The van der Waals surface area contributed by atoms with Gasteiger partial charge in [0.2, 0.25) is 5.91 Å². The quantitative estimate of drug-likeness (QED) is 0.274. The van der Waals surface area contributed by atoms with Crippen LogP contribution in [0.1, 0.15) is 11.6 Å². The fourth-order valence-electron chi connectivity index (χ4n) is 5.16. The van der Waals surface area contributed by atoms with Crippen molar-refractivity contribution in [1.82, 2.24) is 34.4 Å². The number of halogens is 2. The number of anilines is 1. The minimum atomic E-state index is -0.762. The number of rotatable bonds is 7. The van der Waals surface area contributed by atoms with Gasteiger partial charge in [-0.2, -0.15) is 0 Å². The number of amides is 1. The number of carbonyl (C=O) groups is 1. The van der Waals surface area contributed by atoms with E-state index in [1.54, 1.807) is 36.8 Å². The summed E-state index contributed by atoms with van der Waals surface area (Å²) in [5.74, 6) is -0.120. The molecule has 5 aromatic rings. The molecule has 1 saturated heterocycles. The SMILES string of the molecule is O=C([C@H](Cc1ccccc1)n1cnc(-c2cc(Cl)ccc2-n2cc(Cl)nn2)cc1=O)N1CCN(c2ccncc2)CC1. The number of aromatic nitrogens is 6. The lowest BCUT2D eigenvalue weighted by Crippen LogP contribution is -2.51. The number of benzene rings is 2. The number of nitrogens with zero attached hydrogens (tertiary/aromatic N) is 8. The molecule has 212 valence electrons. The van der Waals surface area contributed by atoms with Crippen molar-refractivity contribution in [3.8, 4) is 16.9 Å². The van der Waals surface area contributed by atoms with Gasteiger partial charge < -0.3 is 9.80 Å². The molecular weight excluding hydrogens is 575 g/mol. The van der Waals surface area contributed by atoms with Gasteiger partial charge in [0.1, 0.15) is 6.04 Å². The molecule has 1 aliphatic rings. The summed E-state index contributed by atoms with van der Waals surface area (Å²) in [6.07, 6.45) is 6.87. The molecule has 0 N–H and O–H groups in total. The third-order valence-corrected chi connectivity index (χ3v) is 7.70. The van der Waals surface area contributed by atoms with Crippen molar-refractivity contribution in [2.45, 2.75) is 12.5 Å². The Kier molecular flexibility index (Phi) is 7.98. The van der Waals surface area contributed by atoms with Gasteiger partial charge in [-0.25, -0.2) is 9.67 Å². The smallest absolute Gasteiger partial charge is 0.254 e. The van der Waals surface area contributed by atoms with Gasteiger partial charge in [-0.1, -0.05) is 58.7 Å². The zero-order valence-electron chi connectivity index (χ0n) is 22.4. The maximum atomic E-state index is 14.0. The van der Waals surface area contributed by atoms with Crippen LogP contribution in [0.2, 0.25) is 10.2 Å². The van der Waals surface area contributed by atoms with E-state index in [1.165, 1.54) is 21.6 Å². The fourth-order valence-corrected chi connectivity index (χ4v) is 5.46. The standard InChI is InChI=1S/C30H26Cl2N8O2/c31-22-6-7-26(40-19-28(32)35-36-40)24(17-22)25-18-29(41)39(20-34-25)27(16-21-4-2-1-3-5-21)30(42)38-14-12-37(13-15-38)23-8-10-33-11-9-23/h1-11,17-20,27H,12-16H2/t27-/m0/s1. The molecule has 10 nitrogen and oxygen atoms in total. The molecule has 2 aromatic carbocycles. The summed E-state index contributed by atoms with van der Waals surface area (Å²) in [6, 6.07) is 19.4. The predicted molar refractivity (Wildman–Crippen MR) is 161 cm³/mol. The average Bonchev–Trinajstić information content (AvgIpc) is 3.46. The molecule has 0 saturated carbocycles. The fraction of sp³-hybridized carbons (Fsp3) is 0.200. The highest BCUT2D eigenvalue weighted by Gasteiger charge is 2.30. The van der Waals surface area contributed by atoms with E-state index in [2.05, 4.69) is 25.2 Å². The number of carbonyl (C=O) groups excluding carboxylic acids is 1. The molecule has 0 unspecified atom stereocenters. The van der Waals surface area contributed by atoms with Crippen LogP contribution in [0.3, 0.4) is 0 Å². The molecule has 4 heterocycles. The largest absolute Gasteiger partial charge is 0.368 e. The Labute approximate surface area is 251 Å². The Morgan fingerprint density at radius 1 is 0.929 bits per heavy atom. The van der Waals surface area contributed by atoms with Gasteiger partial charge in [0.25, 0.3) is 5.56 Å². The molecule has 6 rings (SSSR count). The zero-order valence-corrected chi connectivity index (χ0v) is 23.9. The van der Waals surface area contributed by atoms with Crippen molar-refractivity contribution >= 4 is 34.8 Å². The molecule has 1 fully saturated rings. The Hall–Kier alpha value is -4.54. The van der Waals surface area contributed by atoms with E-state index >= 15 is 0 Å². The summed E-state index contributed by atoms with van der Waals surface area (Å²) >= 11 is 12.3. The van der Waals surface area contributed by atoms with Crippen molar-refractivity contribution in [2.75, 3.05) is 31.1 Å². The normalized spacial score (nSPS) is 14.1. The predicted octanol–water partition coefficient (Wildman–Crippen LogP) is 4.33. The van der Waals surface area contributed by atoms with Gasteiger partial charge in [0.05, 0.1) is 23.9 Å². The molecule has 1 amide bonds. The van der Waals surface area contributed by atoms with E-state index < -0.39 is 6.04 Å². The highest BCUT2D eigenvalue weighted by molar-refractivity contribution is 6.31. The maximum absolute atomic E-state index is 14.0. The molecule has 3 aromatic heterocycles. The van der Waals surface area contributed by atoms with E-state index in [4.69, 9.17) is 23.2 Å². The van der Waals surface area contributed by atoms with E-state index in [9.17, 15) is 9.59 Å². The van der Waals surface area contributed by atoms with Gasteiger partial charge in [-0.15, -0.1) is 5.10 Å². The molecule has 0 spiro atoms. The highest BCUT2D eigenvalue weighted by Crippen LogP contribution is 2.28. The van der Waals surface area contributed by atoms with Gasteiger partial charge >= 0.3 is 0 Å². The Balaban J connectivity index is 1.31. The second-order valence-electron chi connectivity index (χ2n) is 9.89. The summed E-state index contributed by atoms with van der Waals surface area (Å²) in [6.45, 7) is 2.45. The van der Waals surface area contributed by atoms with E-state index in [-0.39, 0.29) is 16.6 Å². The molecule has 42 heavy (non-hydrogen) atoms. The monoisotopic (exact) mass is 600 g/mol. The van der Waals surface area contributed by atoms with Crippen LogP contribution >= 0.6 is 23.2 Å². The van der Waals surface area contributed by atoms with Crippen LogP contribution in [0.5, 0.6) is 0 Å². The number of hydrogen-bond donors (Lipinski definition) is 0. The van der Waals surface area contributed by atoms with Crippen LogP contribution in [0.4, 0.5) is 5.69 Å². The first-order valence-electron chi connectivity index (χ1n) is 13.4. The molecule has 1 atom stereocenters. The first-order valence-corrected chi connectivity index (χ1v) is 14.2. The van der Waals surface area contributed by atoms with Crippen molar-refractivity contribution in [2.24, 2.45) is 0 Å². The molecule has 0 radical (unpaired) electrons. The van der Waals surface area contributed by atoms with Crippen LogP contribution in [0.15, 0.2) is 96.4 Å². The van der Waals surface area contributed by atoms with Gasteiger partial charge in [-0.05, 0) is 35.9 Å². The van der Waals surface area contributed by atoms with E-state index in [0.29, 0.717) is 54.6 Å². The van der Waals surface area contributed by atoms with E-state index in [0.717, 1.165) is 11.3 Å². The first kappa shape index (κ1) is 27.6. The Morgan fingerprint density at radius 3 is 2.38 bits per heavy atom. The lowest BCUT2D eigenvalue weighted by atomic mass is 10.0. The second kappa shape index (κ2) is 12.1. The minimum Gasteiger partial charge on any atom is -0.368 e. The minimum absolute atomic E-state index is 0.120. The molecule has 12 heteroatoms. The lowest BCUT2D eigenvalue weighted by molar-refractivity contribution is -0.135. The number of hydrogen-bond acceptors (Lipinski definition) is 7. The van der Waals surface area contributed by atoms with Crippen molar-refractivity contribution in [3.63, 3.8) is 0 Å². The molecule has 1 aliphatic heterocycles. The van der Waals surface area contributed by atoms with Crippen molar-refractivity contribution in [3.05, 3.63) is 118 Å². The first-order chi connectivity index (χ1) is 20.5. The Bertz CT molecular complexity index is 1750.